The van der Waals surface area contributed by atoms with E-state index >= 15 is 0 Å². The van der Waals surface area contributed by atoms with Crippen molar-refractivity contribution < 1.29 is 0 Å². The summed E-state index contributed by atoms with van der Waals surface area (Å²) < 4.78 is 0. The monoisotopic (exact) mass is 283 g/mol. The van der Waals surface area contributed by atoms with Crippen LogP contribution in [0.2, 0.25) is 0 Å². The zero-order valence-electron chi connectivity index (χ0n) is 14.7. The number of rotatable bonds is 7. The standard InChI is InChI=1S/C17H37N3/c1-7-20(10-8-9-19(5)6)17(14-18)12-15(2)11-16(3,4)13-17/h15H,7-14,18H2,1-6H3. The normalized spacial score (nSPS) is 30.1. The summed E-state index contributed by atoms with van der Waals surface area (Å²) in [5.41, 5.74) is 6.92. The highest BCUT2D eigenvalue weighted by Gasteiger charge is 2.44. The van der Waals surface area contributed by atoms with E-state index in [-0.39, 0.29) is 5.54 Å². The highest BCUT2D eigenvalue weighted by Crippen LogP contribution is 2.46. The minimum atomic E-state index is 0.224. The number of nitrogens with two attached hydrogens (primary N) is 1. The number of hydrogen-bond donors (Lipinski definition) is 1. The smallest absolute Gasteiger partial charge is 0.0339 e. The molecule has 0 aromatic heterocycles. The van der Waals surface area contributed by atoms with Gasteiger partial charge in [0, 0.05) is 12.1 Å². The second-order valence-corrected chi connectivity index (χ2v) is 8.02. The Hall–Kier alpha value is -0.120. The number of nitrogens with zero attached hydrogens (tertiary/aromatic N) is 2. The maximum atomic E-state index is 6.28. The molecule has 120 valence electrons. The minimum Gasteiger partial charge on any atom is -0.329 e. The van der Waals surface area contributed by atoms with Crippen LogP contribution in [-0.2, 0) is 0 Å². The fraction of sp³-hybridized carbons (Fsp3) is 1.00. The fourth-order valence-electron chi connectivity index (χ4n) is 4.53. The summed E-state index contributed by atoms with van der Waals surface area (Å²) in [6, 6.07) is 0. The van der Waals surface area contributed by atoms with Gasteiger partial charge in [-0.3, -0.25) is 4.90 Å². The van der Waals surface area contributed by atoms with Crippen LogP contribution in [0.4, 0.5) is 0 Å². The van der Waals surface area contributed by atoms with Crippen LogP contribution >= 0.6 is 0 Å². The van der Waals surface area contributed by atoms with Crippen molar-refractivity contribution in [3.8, 4) is 0 Å². The first-order valence-corrected chi connectivity index (χ1v) is 8.34. The van der Waals surface area contributed by atoms with Gasteiger partial charge in [-0.25, -0.2) is 0 Å². The van der Waals surface area contributed by atoms with E-state index in [4.69, 9.17) is 5.73 Å². The van der Waals surface area contributed by atoms with Crippen LogP contribution in [0.15, 0.2) is 0 Å². The fourth-order valence-corrected chi connectivity index (χ4v) is 4.53. The Morgan fingerprint density at radius 2 is 1.80 bits per heavy atom. The van der Waals surface area contributed by atoms with Gasteiger partial charge in [0.15, 0.2) is 0 Å². The molecule has 1 aliphatic rings. The lowest BCUT2D eigenvalue weighted by molar-refractivity contribution is -0.0102. The average Bonchev–Trinajstić information content (AvgIpc) is 2.31. The van der Waals surface area contributed by atoms with Gasteiger partial charge in [0.05, 0.1) is 0 Å². The lowest BCUT2D eigenvalue weighted by atomic mass is 9.63. The summed E-state index contributed by atoms with van der Waals surface area (Å²) in [7, 11) is 4.31. The Morgan fingerprint density at radius 3 is 2.25 bits per heavy atom. The van der Waals surface area contributed by atoms with Gasteiger partial charge < -0.3 is 10.6 Å². The van der Waals surface area contributed by atoms with Crippen LogP contribution in [0.25, 0.3) is 0 Å². The summed E-state index contributed by atoms with van der Waals surface area (Å²) in [6.45, 7) is 13.8. The molecule has 3 nitrogen and oxygen atoms in total. The average molecular weight is 284 g/mol. The maximum Gasteiger partial charge on any atom is 0.0339 e. The molecule has 2 unspecified atom stereocenters. The molecule has 1 fully saturated rings. The summed E-state index contributed by atoms with van der Waals surface area (Å²) in [6.07, 6.45) is 5.08. The van der Waals surface area contributed by atoms with Gasteiger partial charge in [-0.2, -0.15) is 0 Å². The molecule has 0 amide bonds. The highest BCUT2D eigenvalue weighted by atomic mass is 15.2. The Balaban J connectivity index is 2.78. The zero-order chi connectivity index (χ0) is 15.4. The lowest BCUT2D eigenvalue weighted by Crippen LogP contribution is -2.59. The SMILES string of the molecule is CCN(CCCN(C)C)C1(CN)CC(C)CC(C)(C)C1. The predicted octanol–water partition coefficient (Wildman–Crippen LogP) is 2.80. The van der Waals surface area contributed by atoms with Crippen LogP contribution in [0.5, 0.6) is 0 Å². The quantitative estimate of drug-likeness (QED) is 0.780. The molecule has 2 N–H and O–H groups in total. The summed E-state index contributed by atoms with van der Waals surface area (Å²) in [5, 5.41) is 0. The second kappa shape index (κ2) is 7.24. The maximum absolute atomic E-state index is 6.28. The van der Waals surface area contributed by atoms with E-state index in [2.05, 4.69) is 51.6 Å². The third-order valence-corrected chi connectivity index (χ3v) is 4.90. The molecule has 0 saturated heterocycles. The molecule has 3 heteroatoms. The van der Waals surface area contributed by atoms with E-state index in [1.807, 2.05) is 0 Å². The third kappa shape index (κ3) is 4.71. The topological polar surface area (TPSA) is 32.5 Å². The molecule has 1 rings (SSSR count). The van der Waals surface area contributed by atoms with E-state index in [9.17, 15) is 0 Å². The van der Waals surface area contributed by atoms with E-state index in [1.54, 1.807) is 0 Å². The summed E-state index contributed by atoms with van der Waals surface area (Å²) in [4.78, 5) is 4.95. The first-order valence-electron chi connectivity index (χ1n) is 8.34. The van der Waals surface area contributed by atoms with E-state index in [1.165, 1.54) is 32.2 Å². The van der Waals surface area contributed by atoms with Crippen molar-refractivity contribution in [2.75, 3.05) is 40.3 Å². The molecule has 2 atom stereocenters. The van der Waals surface area contributed by atoms with Gasteiger partial charge in [-0.1, -0.05) is 27.7 Å². The van der Waals surface area contributed by atoms with Crippen molar-refractivity contribution in [2.45, 2.75) is 58.9 Å². The van der Waals surface area contributed by atoms with Gasteiger partial charge in [-0.15, -0.1) is 0 Å². The van der Waals surface area contributed by atoms with Gasteiger partial charge in [0.2, 0.25) is 0 Å². The molecule has 0 aromatic carbocycles. The van der Waals surface area contributed by atoms with Crippen LogP contribution in [0.1, 0.15) is 53.4 Å². The minimum absolute atomic E-state index is 0.224. The summed E-state index contributed by atoms with van der Waals surface area (Å²) >= 11 is 0. The van der Waals surface area contributed by atoms with Crippen LogP contribution < -0.4 is 5.73 Å². The van der Waals surface area contributed by atoms with Crippen molar-refractivity contribution in [1.29, 1.82) is 0 Å². The third-order valence-electron chi connectivity index (χ3n) is 4.90. The van der Waals surface area contributed by atoms with Crippen molar-refractivity contribution in [1.82, 2.24) is 9.80 Å². The Morgan fingerprint density at radius 1 is 1.15 bits per heavy atom. The molecule has 0 spiro atoms. The Labute approximate surface area is 126 Å². The number of likely N-dealkylation sites (N-methyl/N-ethyl adjacent to an activating group) is 1. The molecule has 0 heterocycles. The number of hydrogen-bond acceptors (Lipinski definition) is 3. The van der Waals surface area contributed by atoms with E-state index in [0.717, 1.165) is 25.6 Å². The van der Waals surface area contributed by atoms with Crippen LogP contribution in [0.3, 0.4) is 0 Å². The molecule has 0 radical (unpaired) electrons. The van der Waals surface area contributed by atoms with Crippen LogP contribution in [0, 0.1) is 11.3 Å². The molecular formula is C17H37N3. The molecule has 0 aromatic rings. The van der Waals surface area contributed by atoms with Crippen molar-refractivity contribution in [3.63, 3.8) is 0 Å². The van der Waals surface area contributed by atoms with Gasteiger partial charge >= 0.3 is 0 Å². The molecule has 1 aliphatic carbocycles. The van der Waals surface area contributed by atoms with E-state index in [0.29, 0.717) is 5.41 Å². The van der Waals surface area contributed by atoms with Gasteiger partial charge in [-0.05, 0) is 70.7 Å². The van der Waals surface area contributed by atoms with Gasteiger partial charge in [0.25, 0.3) is 0 Å². The molecule has 1 saturated carbocycles. The second-order valence-electron chi connectivity index (χ2n) is 8.02. The zero-order valence-corrected chi connectivity index (χ0v) is 14.7. The Bertz CT molecular complexity index is 288. The lowest BCUT2D eigenvalue weighted by Gasteiger charge is -2.53. The van der Waals surface area contributed by atoms with Gasteiger partial charge in [0.1, 0.15) is 0 Å². The molecule has 0 aliphatic heterocycles. The summed E-state index contributed by atoms with van der Waals surface area (Å²) in [5.74, 6) is 0.783. The molecular weight excluding hydrogens is 246 g/mol. The van der Waals surface area contributed by atoms with Crippen molar-refractivity contribution >= 4 is 0 Å². The highest BCUT2D eigenvalue weighted by molar-refractivity contribution is 5.01. The van der Waals surface area contributed by atoms with Crippen molar-refractivity contribution in [3.05, 3.63) is 0 Å². The molecule has 20 heavy (non-hydrogen) atoms. The predicted molar refractivity (Wildman–Crippen MR) is 89.0 cm³/mol. The van der Waals surface area contributed by atoms with Crippen LogP contribution in [-0.4, -0.2) is 55.6 Å². The Kier molecular flexibility index (Phi) is 6.49. The van der Waals surface area contributed by atoms with Crippen molar-refractivity contribution in [2.24, 2.45) is 17.1 Å². The largest absolute Gasteiger partial charge is 0.329 e. The molecule has 0 bridgehead atoms. The first-order chi connectivity index (χ1) is 9.24. The first kappa shape index (κ1) is 17.9. The van der Waals surface area contributed by atoms with E-state index < -0.39 is 0 Å².